The summed E-state index contributed by atoms with van der Waals surface area (Å²) < 4.78 is 0. The summed E-state index contributed by atoms with van der Waals surface area (Å²) in [6.07, 6.45) is 11.4. The highest BCUT2D eigenvalue weighted by Gasteiger charge is 2.00. The molecular weight excluding hydrogens is 248 g/mol. The normalized spacial score (nSPS) is 13.4. The molecule has 0 aliphatic heterocycles. The van der Waals surface area contributed by atoms with Crippen LogP contribution in [0.5, 0.6) is 0 Å². The molecule has 0 amide bonds. The summed E-state index contributed by atoms with van der Waals surface area (Å²) in [5, 5.41) is 1.17. The van der Waals surface area contributed by atoms with Gasteiger partial charge in [0.2, 0.25) is 0 Å². The minimum atomic E-state index is 0.893. The number of unbranched alkanes of at least 4 members (excludes halogenated alkanes) is 4. The van der Waals surface area contributed by atoms with Gasteiger partial charge in [-0.2, -0.15) is 0 Å². The Hall–Kier alpha value is 0.480. The highest BCUT2D eigenvalue weighted by atomic mass is 79.9. The lowest BCUT2D eigenvalue weighted by atomic mass is 9.99. The fraction of sp³-hybridized carbons (Fsp3) is 1.00. The molecular formula is C14H29Br. The van der Waals surface area contributed by atoms with Gasteiger partial charge in [-0.05, 0) is 18.3 Å². The molecule has 0 aromatic carbocycles. The third kappa shape index (κ3) is 12.4. The molecule has 0 aromatic heterocycles. The van der Waals surface area contributed by atoms with E-state index >= 15 is 0 Å². The van der Waals surface area contributed by atoms with Gasteiger partial charge in [-0.1, -0.05) is 81.6 Å². The summed E-state index contributed by atoms with van der Waals surface area (Å²) in [6, 6.07) is 0. The van der Waals surface area contributed by atoms with Crippen LogP contribution < -0.4 is 0 Å². The highest BCUT2D eigenvalue weighted by molar-refractivity contribution is 9.09. The number of alkyl halides is 1. The molecule has 0 radical (unpaired) electrons. The van der Waals surface area contributed by atoms with E-state index in [1.165, 1.54) is 56.7 Å². The first-order valence-electron chi connectivity index (χ1n) is 6.72. The maximum Gasteiger partial charge on any atom is 0.00338 e. The van der Waals surface area contributed by atoms with Crippen molar-refractivity contribution < 1.29 is 0 Å². The number of rotatable bonds is 10. The molecule has 0 aliphatic carbocycles. The van der Waals surface area contributed by atoms with Gasteiger partial charge in [-0.25, -0.2) is 0 Å². The van der Waals surface area contributed by atoms with Crippen LogP contribution in [-0.4, -0.2) is 5.33 Å². The minimum absolute atomic E-state index is 0.893. The van der Waals surface area contributed by atoms with Crippen molar-refractivity contribution in [3.63, 3.8) is 0 Å². The molecule has 0 nitrogen and oxygen atoms in total. The van der Waals surface area contributed by atoms with Crippen LogP contribution in [0.4, 0.5) is 0 Å². The average Bonchev–Trinajstić information content (AvgIpc) is 2.16. The van der Waals surface area contributed by atoms with E-state index in [2.05, 4.69) is 36.7 Å². The van der Waals surface area contributed by atoms with Gasteiger partial charge in [0.15, 0.2) is 0 Å². The van der Waals surface area contributed by atoms with Crippen molar-refractivity contribution in [1.82, 2.24) is 0 Å². The van der Waals surface area contributed by atoms with Crippen molar-refractivity contribution in [2.45, 2.75) is 72.1 Å². The standard InChI is InChI=1S/C14H29Br/c1-13(2)9-7-5-4-6-8-10-14(3)11-12-15/h13-14H,4-12H2,1-3H3/t14-/m1/s1. The summed E-state index contributed by atoms with van der Waals surface area (Å²) in [5.74, 6) is 1.81. The Morgan fingerprint density at radius 2 is 1.27 bits per heavy atom. The van der Waals surface area contributed by atoms with Crippen molar-refractivity contribution in [1.29, 1.82) is 0 Å². The topological polar surface area (TPSA) is 0 Å². The Balaban J connectivity index is 3.04. The predicted octanol–water partition coefficient (Wildman–Crippen LogP) is 5.79. The van der Waals surface area contributed by atoms with E-state index in [0.717, 1.165) is 11.8 Å². The van der Waals surface area contributed by atoms with Gasteiger partial charge in [0.25, 0.3) is 0 Å². The number of hydrogen-bond acceptors (Lipinski definition) is 0. The molecule has 0 fully saturated rings. The van der Waals surface area contributed by atoms with Crippen LogP contribution in [0.3, 0.4) is 0 Å². The molecule has 0 aromatic rings. The second-order valence-corrected chi connectivity index (χ2v) is 6.11. The quantitative estimate of drug-likeness (QED) is 0.350. The van der Waals surface area contributed by atoms with Gasteiger partial charge >= 0.3 is 0 Å². The molecule has 0 aliphatic rings. The predicted molar refractivity (Wildman–Crippen MR) is 74.7 cm³/mol. The van der Waals surface area contributed by atoms with Crippen LogP contribution >= 0.6 is 15.9 Å². The number of hydrogen-bond donors (Lipinski definition) is 0. The van der Waals surface area contributed by atoms with E-state index in [1.807, 2.05) is 0 Å². The smallest absolute Gasteiger partial charge is 0.00338 e. The Morgan fingerprint density at radius 3 is 1.80 bits per heavy atom. The van der Waals surface area contributed by atoms with Gasteiger partial charge in [0.1, 0.15) is 0 Å². The molecule has 0 bridgehead atoms. The first-order valence-corrected chi connectivity index (χ1v) is 7.85. The van der Waals surface area contributed by atoms with Crippen LogP contribution in [-0.2, 0) is 0 Å². The molecule has 0 saturated carbocycles. The molecule has 15 heavy (non-hydrogen) atoms. The third-order valence-electron chi connectivity index (χ3n) is 3.08. The van der Waals surface area contributed by atoms with Crippen molar-refractivity contribution in [2.75, 3.05) is 5.33 Å². The van der Waals surface area contributed by atoms with Crippen molar-refractivity contribution in [3.8, 4) is 0 Å². The van der Waals surface area contributed by atoms with Gasteiger partial charge < -0.3 is 0 Å². The summed E-state index contributed by atoms with van der Waals surface area (Å²) in [4.78, 5) is 0. The van der Waals surface area contributed by atoms with E-state index < -0.39 is 0 Å². The Kier molecular flexibility index (Phi) is 11.3. The second kappa shape index (κ2) is 11.0. The zero-order valence-electron chi connectivity index (χ0n) is 10.9. The molecule has 0 spiro atoms. The molecule has 0 unspecified atom stereocenters. The van der Waals surface area contributed by atoms with Crippen molar-refractivity contribution >= 4 is 15.9 Å². The van der Waals surface area contributed by atoms with Crippen LogP contribution in [0.1, 0.15) is 72.1 Å². The third-order valence-corrected chi connectivity index (χ3v) is 3.54. The highest BCUT2D eigenvalue weighted by Crippen LogP contribution is 2.16. The first-order chi connectivity index (χ1) is 7.16. The van der Waals surface area contributed by atoms with Crippen molar-refractivity contribution in [2.24, 2.45) is 11.8 Å². The van der Waals surface area contributed by atoms with E-state index in [9.17, 15) is 0 Å². The van der Waals surface area contributed by atoms with Gasteiger partial charge in [-0.15, -0.1) is 0 Å². The SMILES string of the molecule is CC(C)CCCCCCC[C@@H](C)CCBr. The Labute approximate surface area is 105 Å². The summed E-state index contributed by atoms with van der Waals surface area (Å²) >= 11 is 3.51. The van der Waals surface area contributed by atoms with Gasteiger partial charge in [0.05, 0.1) is 0 Å². The molecule has 0 heterocycles. The Morgan fingerprint density at radius 1 is 0.733 bits per heavy atom. The maximum atomic E-state index is 3.51. The van der Waals surface area contributed by atoms with E-state index in [1.54, 1.807) is 0 Å². The zero-order chi connectivity index (χ0) is 11.5. The average molecular weight is 277 g/mol. The van der Waals surface area contributed by atoms with E-state index in [4.69, 9.17) is 0 Å². The maximum absolute atomic E-state index is 3.51. The molecule has 1 atom stereocenters. The van der Waals surface area contributed by atoms with Crippen LogP contribution in [0.15, 0.2) is 0 Å². The van der Waals surface area contributed by atoms with E-state index in [-0.39, 0.29) is 0 Å². The molecule has 92 valence electrons. The van der Waals surface area contributed by atoms with E-state index in [0.29, 0.717) is 0 Å². The molecule has 0 N–H and O–H groups in total. The minimum Gasteiger partial charge on any atom is -0.0928 e. The zero-order valence-corrected chi connectivity index (χ0v) is 12.5. The monoisotopic (exact) mass is 276 g/mol. The lowest BCUT2D eigenvalue weighted by Gasteiger charge is -2.09. The summed E-state index contributed by atoms with van der Waals surface area (Å²) in [7, 11) is 0. The molecule has 1 heteroatoms. The van der Waals surface area contributed by atoms with Crippen LogP contribution in [0, 0.1) is 11.8 Å². The van der Waals surface area contributed by atoms with Crippen LogP contribution in [0.2, 0.25) is 0 Å². The largest absolute Gasteiger partial charge is 0.0928 e. The molecule has 0 rings (SSSR count). The fourth-order valence-electron chi connectivity index (χ4n) is 1.91. The number of halogens is 1. The fourth-order valence-corrected chi connectivity index (χ4v) is 2.69. The lowest BCUT2D eigenvalue weighted by molar-refractivity contribution is 0.466. The molecule has 0 saturated heterocycles. The van der Waals surface area contributed by atoms with Crippen molar-refractivity contribution in [3.05, 3.63) is 0 Å². The van der Waals surface area contributed by atoms with Gasteiger partial charge in [0, 0.05) is 5.33 Å². The van der Waals surface area contributed by atoms with Gasteiger partial charge in [-0.3, -0.25) is 0 Å². The summed E-state index contributed by atoms with van der Waals surface area (Å²) in [6.45, 7) is 7.02. The lowest BCUT2D eigenvalue weighted by Crippen LogP contribution is -1.95. The second-order valence-electron chi connectivity index (χ2n) is 5.32. The first kappa shape index (κ1) is 15.5. The summed E-state index contributed by atoms with van der Waals surface area (Å²) in [5.41, 5.74) is 0. The van der Waals surface area contributed by atoms with Crippen LogP contribution in [0.25, 0.3) is 0 Å². The Bertz CT molecular complexity index is 121.